The number of benzene rings is 2. The van der Waals surface area contributed by atoms with Gasteiger partial charge in [-0.3, -0.25) is 9.59 Å². The Labute approximate surface area is 151 Å². The highest BCUT2D eigenvalue weighted by atomic mass is 16.2. The lowest BCUT2D eigenvalue weighted by Crippen LogP contribution is -2.15. The number of carbonyl (C=O) groups is 2. The van der Waals surface area contributed by atoms with E-state index in [4.69, 9.17) is 0 Å². The smallest absolute Gasteiger partial charge is 0.276 e. The van der Waals surface area contributed by atoms with E-state index >= 15 is 0 Å². The maximum absolute atomic E-state index is 12.3. The molecule has 6 nitrogen and oxygen atoms in total. The Morgan fingerprint density at radius 3 is 2.23 bits per heavy atom. The summed E-state index contributed by atoms with van der Waals surface area (Å²) in [6, 6.07) is 17.9. The Morgan fingerprint density at radius 2 is 1.62 bits per heavy atom. The Hall–Kier alpha value is -3.54. The number of hydrogen-bond donors (Lipinski definition) is 2. The average molecular weight is 346 g/mol. The summed E-state index contributed by atoms with van der Waals surface area (Å²) in [5.74, 6) is 0.206. The van der Waals surface area contributed by atoms with Crippen molar-refractivity contribution in [2.45, 2.75) is 13.8 Å². The van der Waals surface area contributed by atoms with E-state index in [9.17, 15) is 9.59 Å². The predicted molar refractivity (Wildman–Crippen MR) is 101 cm³/mol. The van der Waals surface area contributed by atoms with Gasteiger partial charge in [-0.05, 0) is 61.9 Å². The lowest BCUT2D eigenvalue weighted by atomic mass is 10.1. The first kappa shape index (κ1) is 17.3. The largest absolute Gasteiger partial charge is 0.339 e. The molecule has 26 heavy (non-hydrogen) atoms. The van der Waals surface area contributed by atoms with E-state index in [2.05, 4.69) is 20.8 Å². The molecule has 0 bridgehead atoms. The third-order valence-electron chi connectivity index (χ3n) is 3.85. The SMILES string of the molecule is CC(=O)c1ccc(Nc2ccc(C(=O)Nc3ccccc3C)nn2)cc1. The second-order valence-corrected chi connectivity index (χ2v) is 5.83. The van der Waals surface area contributed by atoms with Gasteiger partial charge in [0, 0.05) is 16.9 Å². The molecule has 2 N–H and O–H groups in total. The molecular weight excluding hydrogens is 328 g/mol. The Morgan fingerprint density at radius 1 is 0.885 bits per heavy atom. The number of amides is 1. The predicted octanol–water partition coefficient (Wildman–Crippen LogP) is 3.98. The normalized spacial score (nSPS) is 10.2. The van der Waals surface area contributed by atoms with Crippen LogP contribution < -0.4 is 10.6 Å². The van der Waals surface area contributed by atoms with E-state index in [1.165, 1.54) is 6.92 Å². The summed E-state index contributed by atoms with van der Waals surface area (Å²) in [5.41, 5.74) is 3.37. The van der Waals surface area contributed by atoms with Crippen molar-refractivity contribution < 1.29 is 9.59 Å². The van der Waals surface area contributed by atoms with Crippen LogP contribution in [-0.4, -0.2) is 21.9 Å². The number of ketones is 1. The van der Waals surface area contributed by atoms with Gasteiger partial charge in [0.15, 0.2) is 17.3 Å². The van der Waals surface area contributed by atoms with Gasteiger partial charge in [-0.25, -0.2) is 0 Å². The fourth-order valence-corrected chi connectivity index (χ4v) is 2.36. The molecule has 0 aliphatic rings. The van der Waals surface area contributed by atoms with Crippen molar-refractivity contribution in [1.82, 2.24) is 10.2 Å². The Bertz CT molecular complexity index is 935. The lowest BCUT2D eigenvalue weighted by molar-refractivity contribution is 0.101. The quantitative estimate of drug-likeness (QED) is 0.683. The van der Waals surface area contributed by atoms with Crippen LogP contribution in [0.25, 0.3) is 0 Å². The summed E-state index contributed by atoms with van der Waals surface area (Å²) < 4.78 is 0. The average Bonchev–Trinajstić information content (AvgIpc) is 2.64. The highest BCUT2D eigenvalue weighted by Crippen LogP contribution is 2.17. The van der Waals surface area contributed by atoms with Gasteiger partial charge in [-0.1, -0.05) is 18.2 Å². The molecule has 3 aromatic rings. The minimum atomic E-state index is -0.316. The van der Waals surface area contributed by atoms with Crippen molar-refractivity contribution in [3.8, 4) is 0 Å². The van der Waals surface area contributed by atoms with Crippen LogP contribution in [0.4, 0.5) is 17.2 Å². The van der Waals surface area contributed by atoms with Crippen molar-refractivity contribution >= 4 is 28.9 Å². The number of aromatic nitrogens is 2. The van der Waals surface area contributed by atoms with Crippen LogP contribution in [0.1, 0.15) is 33.3 Å². The first-order valence-electron chi connectivity index (χ1n) is 8.11. The Balaban J connectivity index is 1.67. The van der Waals surface area contributed by atoms with Crippen LogP contribution in [0.15, 0.2) is 60.7 Å². The highest BCUT2D eigenvalue weighted by Gasteiger charge is 2.10. The minimum absolute atomic E-state index is 0.0142. The molecule has 130 valence electrons. The van der Waals surface area contributed by atoms with Crippen molar-refractivity contribution in [3.63, 3.8) is 0 Å². The number of aryl methyl sites for hydroxylation is 1. The molecule has 6 heteroatoms. The molecule has 0 atom stereocenters. The van der Waals surface area contributed by atoms with Gasteiger partial charge in [0.25, 0.3) is 5.91 Å². The van der Waals surface area contributed by atoms with Gasteiger partial charge in [-0.2, -0.15) is 0 Å². The zero-order chi connectivity index (χ0) is 18.5. The number of nitrogens with zero attached hydrogens (tertiary/aromatic N) is 2. The van der Waals surface area contributed by atoms with Gasteiger partial charge < -0.3 is 10.6 Å². The van der Waals surface area contributed by atoms with Gasteiger partial charge in [0.2, 0.25) is 0 Å². The number of anilines is 3. The van der Waals surface area contributed by atoms with Crippen molar-refractivity contribution in [2.24, 2.45) is 0 Å². The molecular formula is C20H18N4O2. The van der Waals surface area contributed by atoms with E-state index in [-0.39, 0.29) is 17.4 Å². The number of para-hydroxylation sites is 1. The second-order valence-electron chi connectivity index (χ2n) is 5.83. The molecule has 0 saturated heterocycles. The van der Waals surface area contributed by atoms with E-state index in [1.807, 2.05) is 31.2 Å². The molecule has 3 rings (SSSR count). The van der Waals surface area contributed by atoms with Crippen LogP contribution in [0, 0.1) is 6.92 Å². The number of carbonyl (C=O) groups excluding carboxylic acids is 2. The van der Waals surface area contributed by atoms with E-state index in [0.717, 1.165) is 16.9 Å². The van der Waals surface area contributed by atoms with E-state index < -0.39 is 0 Å². The van der Waals surface area contributed by atoms with Crippen LogP contribution in [0.5, 0.6) is 0 Å². The summed E-state index contributed by atoms with van der Waals surface area (Å²) in [7, 11) is 0. The van der Waals surface area contributed by atoms with Gasteiger partial charge in [0.05, 0.1) is 0 Å². The lowest BCUT2D eigenvalue weighted by Gasteiger charge is -2.08. The van der Waals surface area contributed by atoms with E-state index in [0.29, 0.717) is 11.4 Å². The first-order chi connectivity index (χ1) is 12.5. The maximum atomic E-state index is 12.3. The van der Waals surface area contributed by atoms with Gasteiger partial charge in [0.1, 0.15) is 0 Å². The van der Waals surface area contributed by atoms with E-state index in [1.54, 1.807) is 36.4 Å². The number of rotatable bonds is 5. The van der Waals surface area contributed by atoms with Crippen molar-refractivity contribution in [3.05, 3.63) is 77.5 Å². The fraction of sp³-hybridized carbons (Fsp3) is 0.100. The van der Waals surface area contributed by atoms with Crippen molar-refractivity contribution in [1.29, 1.82) is 0 Å². The number of nitrogens with one attached hydrogen (secondary N) is 2. The molecule has 0 spiro atoms. The summed E-state index contributed by atoms with van der Waals surface area (Å²) in [6.07, 6.45) is 0. The fourth-order valence-electron chi connectivity index (χ4n) is 2.36. The van der Waals surface area contributed by atoms with Crippen LogP contribution in [0.2, 0.25) is 0 Å². The molecule has 1 aromatic heterocycles. The summed E-state index contributed by atoms with van der Waals surface area (Å²) >= 11 is 0. The van der Waals surface area contributed by atoms with Crippen LogP contribution in [-0.2, 0) is 0 Å². The summed E-state index contributed by atoms with van der Waals surface area (Å²) in [5, 5.41) is 13.9. The molecule has 0 aliphatic carbocycles. The molecule has 0 unspecified atom stereocenters. The highest BCUT2D eigenvalue weighted by molar-refractivity contribution is 6.03. The summed E-state index contributed by atoms with van der Waals surface area (Å²) in [4.78, 5) is 23.6. The number of Topliss-reactive ketones (excluding diaryl/α,β-unsaturated/α-hetero) is 1. The van der Waals surface area contributed by atoms with Crippen LogP contribution >= 0.6 is 0 Å². The van der Waals surface area contributed by atoms with Crippen molar-refractivity contribution in [2.75, 3.05) is 10.6 Å². The molecule has 1 heterocycles. The zero-order valence-corrected chi connectivity index (χ0v) is 14.5. The molecule has 0 aliphatic heterocycles. The second kappa shape index (κ2) is 7.57. The molecule has 2 aromatic carbocycles. The standard InChI is InChI=1S/C20H18N4O2/c1-13-5-3-4-6-17(13)22-20(26)18-11-12-19(24-23-18)21-16-9-7-15(8-10-16)14(2)25/h3-12H,1-2H3,(H,21,24)(H,22,26). The Kier molecular flexibility index (Phi) is 5.03. The zero-order valence-electron chi connectivity index (χ0n) is 14.5. The molecule has 0 fully saturated rings. The van der Waals surface area contributed by atoms with Gasteiger partial charge in [-0.15, -0.1) is 10.2 Å². The van der Waals surface area contributed by atoms with Gasteiger partial charge >= 0.3 is 0 Å². The maximum Gasteiger partial charge on any atom is 0.276 e. The molecule has 1 amide bonds. The summed E-state index contributed by atoms with van der Waals surface area (Å²) in [6.45, 7) is 3.44. The molecule has 0 radical (unpaired) electrons. The first-order valence-corrected chi connectivity index (χ1v) is 8.11. The monoisotopic (exact) mass is 346 g/mol. The molecule has 0 saturated carbocycles. The third-order valence-corrected chi connectivity index (χ3v) is 3.85. The third kappa shape index (κ3) is 4.10. The minimum Gasteiger partial charge on any atom is -0.339 e. The topological polar surface area (TPSA) is 84.0 Å². The van der Waals surface area contributed by atoms with Crippen LogP contribution in [0.3, 0.4) is 0 Å². The number of hydrogen-bond acceptors (Lipinski definition) is 5.